The molecule has 0 spiro atoms. The molecule has 0 saturated carbocycles. The van der Waals surface area contributed by atoms with Crippen LogP contribution in [0.3, 0.4) is 0 Å². The van der Waals surface area contributed by atoms with Crippen LogP contribution in [-0.2, 0) is 22.7 Å². The van der Waals surface area contributed by atoms with Gasteiger partial charge in [-0.2, -0.15) is 0 Å². The third-order valence-corrected chi connectivity index (χ3v) is 3.15. The Bertz CT molecular complexity index is 645. The maximum atomic E-state index is 11.3. The van der Waals surface area contributed by atoms with E-state index in [4.69, 9.17) is 9.47 Å². The van der Waals surface area contributed by atoms with Crippen molar-refractivity contribution in [1.29, 1.82) is 0 Å². The molecule has 0 saturated heterocycles. The summed E-state index contributed by atoms with van der Waals surface area (Å²) in [7, 11) is 0. The second-order valence-corrected chi connectivity index (χ2v) is 4.54. The fourth-order valence-corrected chi connectivity index (χ4v) is 2.11. The lowest BCUT2D eigenvalue weighted by Crippen LogP contribution is -2.00. The number of esters is 1. The van der Waals surface area contributed by atoms with Crippen molar-refractivity contribution >= 4 is 12.0 Å². The molecule has 0 unspecified atom stereocenters. The Balaban J connectivity index is 1.84. The highest BCUT2D eigenvalue weighted by atomic mass is 16.5. The molecule has 1 aliphatic heterocycles. The van der Waals surface area contributed by atoms with E-state index in [1.54, 1.807) is 6.08 Å². The maximum Gasteiger partial charge on any atom is 0.331 e. The molecule has 0 aliphatic carbocycles. The van der Waals surface area contributed by atoms with E-state index in [2.05, 4.69) is 0 Å². The SMILES string of the molecule is O=C1C=Cc2c(cccc2OCc2ccccc2)CO1. The molecule has 100 valence electrons. The first kappa shape index (κ1) is 12.5. The smallest absolute Gasteiger partial charge is 0.331 e. The second-order valence-electron chi connectivity index (χ2n) is 4.54. The minimum Gasteiger partial charge on any atom is -0.488 e. The summed E-state index contributed by atoms with van der Waals surface area (Å²) in [6.07, 6.45) is 3.19. The van der Waals surface area contributed by atoms with Crippen molar-refractivity contribution in [2.75, 3.05) is 0 Å². The zero-order chi connectivity index (χ0) is 13.8. The molecule has 0 N–H and O–H groups in total. The molecule has 0 amide bonds. The molecule has 1 aliphatic rings. The lowest BCUT2D eigenvalue weighted by Gasteiger charge is -2.12. The van der Waals surface area contributed by atoms with Gasteiger partial charge in [-0.15, -0.1) is 0 Å². The summed E-state index contributed by atoms with van der Waals surface area (Å²) in [5, 5.41) is 0. The van der Waals surface area contributed by atoms with Gasteiger partial charge < -0.3 is 9.47 Å². The van der Waals surface area contributed by atoms with Gasteiger partial charge in [0.15, 0.2) is 0 Å². The number of carbonyl (C=O) groups excluding carboxylic acids is 1. The van der Waals surface area contributed by atoms with E-state index in [0.29, 0.717) is 6.61 Å². The van der Waals surface area contributed by atoms with Crippen molar-refractivity contribution < 1.29 is 14.3 Å². The Kier molecular flexibility index (Phi) is 3.50. The van der Waals surface area contributed by atoms with Crippen LogP contribution in [-0.4, -0.2) is 5.97 Å². The minimum atomic E-state index is -0.324. The van der Waals surface area contributed by atoms with Gasteiger partial charge >= 0.3 is 5.97 Å². The highest BCUT2D eigenvalue weighted by Gasteiger charge is 2.12. The van der Waals surface area contributed by atoms with E-state index >= 15 is 0 Å². The predicted molar refractivity (Wildman–Crippen MR) is 76.0 cm³/mol. The quantitative estimate of drug-likeness (QED) is 0.799. The topological polar surface area (TPSA) is 35.5 Å². The predicted octanol–water partition coefficient (Wildman–Crippen LogP) is 3.34. The van der Waals surface area contributed by atoms with Crippen LogP contribution in [0.5, 0.6) is 5.75 Å². The summed E-state index contributed by atoms with van der Waals surface area (Å²) < 4.78 is 10.9. The first-order valence-corrected chi connectivity index (χ1v) is 6.46. The molecule has 3 rings (SSSR count). The Labute approximate surface area is 117 Å². The maximum absolute atomic E-state index is 11.3. The number of carbonyl (C=O) groups is 1. The van der Waals surface area contributed by atoms with Gasteiger partial charge in [-0.3, -0.25) is 0 Å². The molecule has 0 aromatic heterocycles. The lowest BCUT2D eigenvalue weighted by atomic mass is 10.1. The van der Waals surface area contributed by atoms with Gasteiger partial charge in [0.2, 0.25) is 0 Å². The lowest BCUT2D eigenvalue weighted by molar-refractivity contribution is -0.138. The van der Waals surface area contributed by atoms with Crippen molar-refractivity contribution in [3.8, 4) is 5.75 Å². The van der Waals surface area contributed by atoms with E-state index in [9.17, 15) is 4.79 Å². The van der Waals surface area contributed by atoms with Gasteiger partial charge in [0.25, 0.3) is 0 Å². The number of rotatable bonds is 3. The highest BCUT2D eigenvalue weighted by molar-refractivity contribution is 5.89. The summed E-state index contributed by atoms with van der Waals surface area (Å²) in [5.74, 6) is 0.441. The average molecular weight is 266 g/mol. The summed E-state index contributed by atoms with van der Waals surface area (Å²) in [5.41, 5.74) is 2.97. The highest BCUT2D eigenvalue weighted by Crippen LogP contribution is 2.27. The van der Waals surface area contributed by atoms with Crippen LogP contribution >= 0.6 is 0 Å². The molecule has 2 aromatic rings. The summed E-state index contributed by atoms with van der Waals surface area (Å²) in [6.45, 7) is 0.781. The Morgan fingerprint density at radius 1 is 1.00 bits per heavy atom. The van der Waals surface area contributed by atoms with Crippen LogP contribution in [0.15, 0.2) is 54.6 Å². The molecular formula is C17H14O3. The number of benzene rings is 2. The van der Waals surface area contributed by atoms with Crippen molar-refractivity contribution in [3.05, 3.63) is 71.3 Å². The average Bonchev–Trinajstić information content (AvgIpc) is 2.69. The molecule has 3 heteroatoms. The molecule has 0 fully saturated rings. The van der Waals surface area contributed by atoms with Gasteiger partial charge in [0, 0.05) is 17.2 Å². The standard InChI is InChI=1S/C17H14O3/c18-17-10-9-15-14(12-20-17)7-4-8-16(15)19-11-13-5-2-1-3-6-13/h1-10H,11-12H2. The molecule has 0 radical (unpaired) electrons. The first-order valence-electron chi connectivity index (χ1n) is 6.46. The van der Waals surface area contributed by atoms with Crippen LogP contribution in [0, 0.1) is 0 Å². The number of cyclic esters (lactones) is 1. The summed E-state index contributed by atoms with van der Waals surface area (Å²) in [6, 6.07) is 15.7. The van der Waals surface area contributed by atoms with Crippen molar-refractivity contribution in [2.24, 2.45) is 0 Å². The van der Waals surface area contributed by atoms with Crippen LogP contribution in [0.25, 0.3) is 6.08 Å². The molecule has 0 atom stereocenters. The zero-order valence-electron chi connectivity index (χ0n) is 10.9. The van der Waals surface area contributed by atoms with Crippen LogP contribution in [0.1, 0.15) is 16.7 Å². The van der Waals surface area contributed by atoms with Crippen LogP contribution < -0.4 is 4.74 Å². The molecule has 3 nitrogen and oxygen atoms in total. The minimum absolute atomic E-state index is 0.281. The molecule has 0 bridgehead atoms. The molecule has 2 aromatic carbocycles. The Hall–Kier alpha value is -2.55. The summed E-state index contributed by atoms with van der Waals surface area (Å²) in [4.78, 5) is 11.3. The first-order chi connectivity index (χ1) is 9.83. The monoisotopic (exact) mass is 266 g/mol. The van der Waals surface area contributed by atoms with Gasteiger partial charge in [0.05, 0.1) is 0 Å². The van der Waals surface area contributed by atoms with Gasteiger partial charge in [-0.25, -0.2) is 4.79 Å². The summed E-state index contributed by atoms with van der Waals surface area (Å²) >= 11 is 0. The number of fused-ring (bicyclic) bond motifs is 1. The van der Waals surface area contributed by atoms with E-state index in [0.717, 1.165) is 22.4 Å². The Morgan fingerprint density at radius 2 is 1.85 bits per heavy atom. The van der Waals surface area contributed by atoms with Gasteiger partial charge in [0.1, 0.15) is 19.0 Å². The van der Waals surface area contributed by atoms with Crippen LogP contribution in [0.4, 0.5) is 0 Å². The Morgan fingerprint density at radius 3 is 2.70 bits per heavy atom. The van der Waals surface area contributed by atoms with E-state index in [1.807, 2.05) is 48.5 Å². The number of ether oxygens (including phenoxy) is 2. The van der Waals surface area contributed by atoms with Gasteiger partial charge in [-0.1, -0.05) is 42.5 Å². The normalized spacial score (nSPS) is 13.3. The second kappa shape index (κ2) is 5.61. The van der Waals surface area contributed by atoms with E-state index in [1.165, 1.54) is 6.08 Å². The molecule has 20 heavy (non-hydrogen) atoms. The molecule has 1 heterocycles. The van der Waals surface area contributed by atoms with Crippen molar-refractivity contribution in [3.63, 3.8) is 0 Å². The third kappa shape index (κ3) is 2.72. The van der Waals surface area contributed by atoms with E-state index < -0.39 is 0 Å². The molecular weight excluding hydrogens is 252 g/mol. The fraction of sp³-hybridized carbons (Fsp3) is 0.118. The fourth-order valence-electron chi connectivity index (χ4n) is 2.11. The number of hydrogen-bond acceptors (Lipinski definition) is 3. The van der Waals surface area contributed by atoms with Crippen LogP contribution in [0.2, 0.25) is 0 Å². The van der Waals surface area contributed by atoms with Crippen molar-refractivity contribution in [1.82, 2.24) is 0 Å². The zero-order valence-corrected chi connectivity index (χ0v) is 10.9. The third-order valence-electron chi connectivity index (χ3n) is 3.15. The van der Waals surface area contributed by atoms with E-state index in [-0.39, 0.29) is 12.6 Å². The van der Waals surface area contributed by atoms with Crippen molar-refractivity contribution in [2.45, 2.75) is 13.2 Å². The largest absolute Gasteiger partial charge is 0.488 e. The van der Waals surface area contributed by atoms with Gasteiger partial charge in [-0.05, 0) is 17.7 Å². The number of hydrogen-bond donors (Lipinski definition) is 0.